The van der Waals surface area contributed by atoms with Crippen molar-refractivity contribution in [3.05, 3.63) is 94.0 Å². The maximum atomic E-state index is 12.6. The van der Waals surface area contributed by atoms with Crippen LogP contribution < -0.4 is 9.47 Å². The molecule has 0 saturated carbocycles. The minimum absolute atomic E-state index is 0.151. The molecule has 0 aromatic heterocycles. The Labute approximate surface area is 206 Å². The number of esters is 2. The second-order valence-electron chi connectivity index (χ2n) is 8.48. The Balaban J connectivity index is 1.61. The molecule has 0 heterocycles. The van der Waals surface area contributed by atoms with E-state index in [1.807, 2.05) is 24.3 Å². The topological polar surface area (TPSA) is 52.6 Å². The molecule has 0 bridgehead atoms. The van der Waals surface area contributed by atoms with E-state index in [4.69, 9.17) is 21.1 Å². The number of carbonyl (C=O) groups excluding carboxylic acids is 2. The van der Waals surface area contributed by atoms with Gasteiger partial charge in [0.25, 0.3) is 0 Å². The fourth-order valence-corrected chi connectivity index (χ4v) is 3.95. The zero-order valence-corrected chi connectivity index (χ0v) is 20.7. The molecule has 0 fully saturated rings. The molecule has 0 amide bonds. The maximum Gasteiger partial charge on any atom is 0.345 e. The van der Waals surface area contributed by atoms with E-state index in [2.05, 4.69) is 20.8 Å². The third-order valence-electron chi connectivity index (χ3n) is 5.76. The third kappa shape index (κ3) is 6.94. The quantitative estimate of drug-likeness (QED) is 0.218. The van der Waals surface area contributed by atoms with Crippen molar-refractivity contribution in [3.8, 4) is 11.5 Å². The molecule has 0 N–H and O–H groups in total. The van der Waals surface area contributed by atoms with E-state index < -0.39 is 11.9 Å². The number of hydrogen-bond acceptors (Lipinski definition) is 4. The Morgan fingerprint density at radius 2 is 1.47 bits per heavy atom. The van der Waals surface area contributed by atoms with Crippen LogP contribution in [0.25, 0.3) is 0 Å². The highest BCUT2D eigenvalue weighted by Gasteiger charge is 2.16. The van der Waals surface area contributed by atoms with Crippen LogP contribution in [-0.2, 0) is 6.42 Å². The van der Waals surface area contributed by atoms with E-state index in [0.29, 0.717) is 17.2 Å². The molecule has 5 heteroatoms. The highest BCUT2D eigenvalue weighted by molar-refractivity contribution is 6.33. The van der Waals surface area contributed by atoms with Crippen LogP contribution in [0.3, 0.4) is 0 Å². The standard InChI is InChI=1S/C29H31ClO4/c1-4-6-8-21-9-15-24(16-10-21)33-29(32)26-18-17-25(19-27(26)30)34-28(31)23-13-11-22(12-14-23)20(3)7-5-2/h9-20H,4-8H2,1-3H3. The van der Waals surface area contributed by atoms with Crippen LogP contribution in [0.15, 0.2) is 66.7 Å². The fourth-order valence-electron chi connectivity index (χ4n) is 3.71. The molecule has 3 rings (SSSR count). The monoisotopic (exact) mass is 478 g/mol. The first-order valence-electron chi connectivity index (χ1n) is 11.8. The Morgan fingerprint density at radius 3 is 2.09 bits per heavy atom. The van der Waals surface area contributed by atoms with Crippen molar-refractivity contribution in [2.75, 3.05) is 0 Å². The summed E-state index contributed by atoms with van der Waals surface area (Å²) in [4.78, 5) is 25.1. The SMILES string of the molecule is CCCCc1ccc(OC(=O)c2ccc(OC(=O)c3ccc(C(C)CCC)cc3)cc2Cl)cc1. The van der Waals surface area contributed by atoms with Gasteiger partial charge in [0, 0.05) is 6.07 Å². The van der Waals surface area contributed by atoms with Gasteiger partial charge in [-0.05, 0) is 72.7 Å². The molecule has 34 heavy (non-hydrogen) atoms. The summed E-state index contributed by atoms with van der Waals surface area (Å²) < 4.78 is 10.9. The summed E-state index contributed by atoms with van der Waals surface area (Å²) in [5.74, 6) is 0.106. The lowest BCUT2D eigenvalue weighted by Gasteiger charge is -2.11. The van der Waals surface area contributed by atoms with Gasteiger partial charge in [0.15, 0.2) is 0 Å². The van der Waals surface area contributed by atoms with Crippen LogP contribution in [0.1, 0.15) is 84.2 Å². The van der Waals surface area contributed by atoms with Crippen molar-refractivity contribution < 1.29 is 19.1 Å². The Kier molecular flexibility index (Phi) is 9.29. The minimum atomic E-state index is -0.569. The molecule has 0 saturated heterocycles. The molecule has 0 radical (unpaired) electrons. The summed E-state index contributed by atoms with van der Waals surface area (Å²) >= 11 is 6.30. The van der Waals surface area contributed by atoms with Gasteiger partial charge in [0.05, 0.1) is 16.1 Å². The highest BCUT2D eigenvalue weighted by Crippen LogP contribution is 2.26. The van der Waals surface area contributed by atoms with Crippen LogP contribution in [-0.4, -0.2) is 11.9 Å². The molecular formula is C29H31ClO4. The van der Waals surface area contributed by atoms with E-state index in [0.717, 1.165) is 32.1 Å². The summed E-state index contributed by atoms with van der Waals surface area (Å²) in [6.07, 6.45) is 5.46. The summed E-state index contributed by atoms with van der Waals surface area (Å²) in [7, 11) is 0. The van der Waals surface area contributed by atoms with Crippen molar-refractivity contribution >= 4 is 23.5 Å². The van der Waals surface area contributed by atoms with Crippen molar-refractivity contribution in [2.24, 2.45) is 0 Å². The zero-order chi connectivity index (χ0) is 24.5. The number of hydrogen-bond donors (Lipinski definition) is 0. The summed E-state index contributed by atoms with van der Waals surface area (Å²) in [5, 5.41) is 0.151. The average molecular weight is 479 g/mol. The Hall–Kier alpha value is -3.11. The molecule has 0 aliphatic rings. The number of carbonyl (C=O) groups is 2. The first kappa shape index (κ1) is 25.5. The second-order valence-corrected chi connectivity index (χ2v) is 8.89. The van der Waals surface area contributed by atoms with Crippen molar-refractivity contribution in [1.82, 2.24) is 0 Å². The van der Waals surface area contributed by atoms with Gasteiger partial charge in [-0.2, -0.15) is 0 Å². The van der Waals surface area contributed by atoms with E-state index >= 15 is 0 Å². The van der Waals surface area contributed by atoms with Crippen LogP contribution >= 0.6 is 11.6 Å². The summed E-state index contributed by atoms with van der Waals surface area (Å²) in [6.45, 7) is 6.48. The molecule has 0 aliphatic heterocycles. The molecule has 0 aliphatic carbocycles. The van der Waals surface area contributed by atoms with Gasteiger partial charge in [-0.15, -0.1) is 0 Å². The lowest BCUT2D eigenvalue weighted by Crippen LogP contribution is -2.11. The molecule has 0 spiro atoms. The van der Waals surface area contributed by atoms with E-state index in [-0.39, 0.29) is 16.3 Å². The Morgan fingerprint density at radius 1 is 0.824 bits per heavy atom. The molecular weight excluding hydrogens is 448 g/mol. The third-order valence-corrected chi connectivity index (χ3v) is 6.07. The number of aryl methyl sites for hydroxylation is 1. The smallest absolute Gasteiger partial charge is 0.345 e. The predicted octanol–water partition coefficient (Wildman–Crippen LogP) is 8.02. The maximum absolute atomic E-state index is 12.6. The first-order chi connectivity index (χ1) is 16.4. The van der Waals surface area contributed by atoms with Gasteiger partial charge < -0.3 is 9.47 Å². The number of rotatable bonds is 10. The summed E-state index contributed by atoms with van der Waals surface area (Å²) in [5.41, 5.74) is 3.05. The fraction of sp³-hybridized carbons (Fsp3) is 0.310. The van der Waals surface area contributed by atoms with Gasteiger partial charge in [-0.1, -0.05) is 69.5 Å². The second kappa shape index (κ2) is 12.4. The van der Waals surface area contributed by atoms with Crippen molar-refractivity contribution in [1.29, 1.82) is 0 Å². The van der Waals surface area contributed by atoms with Crippen molar-refractivity contribution in [2.45, 2.75) is 58.8 Å². The normalized spacial score (nSPS) is 11.6. The molecule has 3 aromatic rings. The highest BCUT2D eigenvalue weighted by atomic mass is 35.5. The van der Waals surface area contributed by atoms with Crippen molar-refractivity contribution in [3.63, 3.8) is 0 Å². The van der Waals surface area contributed by atoms with Crippen LogP contribution in [0, 0.1) is 0 Å². The zero-order valence-electron chi connectivity index (χ0n) is 20.0. The lowest BCUT2D eigenvalue weighted by atomic mass is 9.96. The molecule has 1 unspecified atom stereocenters. The van der Waals surface area contributed by atoms with Crippen LogP contribution in [0.4, 0.5) is 0 Å². The van der Waals surface area contributed by atoms with Gasteiger partial charge in [-0.3, -0.25) is 0 Å². The van der Waals surface area contributed by atoms with Crippen LogP contribution in [0.5, 0.6) is 11.5 Å². The van der Waals surface area contributed by atoms with Gasteiger partial charge in [-0.25, -0.2) is 9.59 Å². The number of ether oxygens (including phenoxy) is 2. The van der Waals surface area contributed by atoms with Gasteiger partial charge >= 0.3 is 11.9 Å². The number of benzene rings is 3. The van der Waals surface area contributed by atoms with Gasteiger partial charge in [0.1, 0.15) is 11.5 Å². The van der Waals surface area contributed by atoms with Gasteiger partial charge in [0.2, 0.25) is 0 Å². The largest absolute Gasteiger partial charge is 0.423 e. The molecule has 178 valence electrons. The molecule has 4 nitrogen and oxygen atoms in total. The Bertz CT molecular complexity index is 1100. The van der Waals surface area contributed by atoms with E-state index in [1.54, 1.807) is 24.3 Å². The summed E-state index contributed by atoms with van der Waals surface area (Å²) in [6, 6.07) is 19.4. The minimum Gasteiger partial charge on any atom is -0.423 e. The van der Waals surface area contributed by atoms with E-state index in [9.17, 15) is 9.59 Å². The number of unbranched alkanes of at least 4 members (excludes halogenated alkanes) is 1. The van der Waals surface area contributed by atoms with Crippen LogP contribution in [0.2, 0.25) is 5.02 Å². The predicted molar refractivity (Wildman–Crippen MR) is 136 cm³/mol. The lowest BCUT2D eigenvalue weighted by molar-refractivity contribution is 0.0730. The number of halogens is 1. The molecule has 3 aromatic carbocycles. The molecule has 1 atom stereocenters. The van der Waals surface area contributed by atoms with E-state index in [1.165, 1.54) is 29.3 Å². The first-order valence-corrected chi connectivity index (χ1v) is 12.2. The average Bonchev–Trinajstić information content (AvgIpc) is 2.84.